The molecular formula is C23H26N2O2. The normalized spacial score (nSPS) is 25.9. The molecule has 0 unspecified atom stereocenters. The summed E-state index contributed by atoms with van der Waals surface area (Å²) < 4.78 is 0. The quantitative estimate of drug-likeness (QED) is 0.502. The molecule has 0 saturated carbocycles. The summed E-state index contributed by atoms with van der Waals surface area (Å²) in [6.07, 6.45) is 4.45. The third-order valence-electron chi connectivity index (χ3n) is 6.86. The summed E-state index contributed by atoms with van der Waals surface area (Å²) in [6, 6.07) is 7.61. The monoisotopic (exact) mass is 362 g/mol. The van der Waals surface area contributed by atoms with Gasteiger partial charge in [0, 0.05) is 18.0 Å². The lowest BCUT2D eigenvalue weighted by Crippen LogP contribution is -2.65. The van der Waals surface area contributed by atoms with Gasteiger partial charge in [-0.1, -0.05) is 52.1 Å². The van der Waals surface area contributed by atoms with Gasteiger partial charge < -0.3 is 10.0 Å². The van der Waals surface area contributed by atoms with Gasteiger partial charge in [-0.15, -0.1) is 0 Å². The minimum absolute atomic E-state index is 0.0794. The maximum atomic E-state index is 13.3. The van der Waals surface area contributed by atoms with Crippen LogP contribution in [0.15, 0.2) is 54.7 Å². The van der Waals surface area contributed by atoms with E-state index in [2.05, 4.69) is 40.0 Å². The van der Waals surface area contributed by atoms with E-state index in [-0.39, 0.29) is 39.7 Å². The lowest BCUT2D eigenvalue weighted by molar-refractivity contribution is -0.139. The molecule has 0 radical (unpaired) electrons. The molecular weight excluding hydrogens is 336 g/mol. The first-order valence-electron chi connectivity index (χ1n) is 9.23. The molecule has 1 fully saturated rings. The Morgan fingerprint density at radius 3 is 2.74 bits per heavy atom. The Balaban J connectivity index is 2.10. The van der Waals surface area contributed by atoms with Gasteiger partial charge in [0.2, 0.25) is 0 Å². The van der Waals surface area contributed by atoms with Gasteiger partial charge >= 0.3 is 0 Å². The van der Waals surface area contributed by atoms with Crippen LogP contribution in [0, 0.1) is 16.7 Å². The van der Waals surface area contributed by atoms with Crippen LogP contribution in [-0.4, -0.2) is 28.5 Å². The van der Waals surface area contributed by atoms with Crippen LogP contribution in [0.4, 0.5) is 0 Å². The van der Waals surface area contributed by atoms with Crippen molar-refractivity contribution in [2.24, 2.45) is 5.41 Å². The summed E-state index contributed by atoms with van der Waals surface area (Å²) in [5, 5.41) is 19.7. The molecule has 0 aromatic heterocycles. The van der Waals surface area contributed by atoms with E-state index in [0.717, 1.165) is 12.0 Å². The second-order valence-corrected chi connectivity index (χ2v) is 8.23. The van der Waals surface area contributed by atoms with Gasteiger partial charge in [0.1, 0.15) is 5.75 Å². The predicted octanol–water partition coefficient (Wildman–Crippen LogP) is 4.03. The molecule has 2 aliphatic rings. The number of benzene rings is 1. The number of piperidine rings is 1. The minimum Gasteiger partial charge on any atom is -0.508 e. The molecule has 0 spiro atoms. The predicted molar refractivity (Wildman–Crippen MR) is 106 cm³/mol. The lowest BCUT2D eigenvalue weighted by atomic mass is 9.51. The number of allylic oxidation sites excluding steroid dienone is 2. The molecule has 1 heterocycles. The summed E-state index contributed by atoms with van der Waals surface area (Å²) in [5.74, 6) is 0.0947. The van der Waals surface area contributed by atoms with E-state index in [1.54, 1.807) is 12.1 Å². The molecule has 1 amide bonds. The number of phenols is 1. The van der Waals surface area contributed by atoms with Gasteiger partial charge in [-0.25, -0.2) is 0 Å². The van der Waals surface area contributed by atoms with Gasteiger partial charge in [-0.05, 0) is 41.5 Å². The van der Waals surface area contributed by atoms with Crippen LogP contribution in [-0.2, 0) is 16.6 Å². The smallest absolute Gasteiger partial charge is 0.255 e. The third kappa shape index (κ3) is 2.61. The van der Waals surface area contributed by atoms with E-state index in [1.807, 2.05) is 17.0 Å². The summed E-state index contributed by atoms with van der Waals surface area (Å²) in [5.41, 5.74) is 2.21. The van der Waals surface area contributed by atoms with Crippen molar-refractivity contribution in [2.45, 2.75) is 45.1 Å². The molecule has 140 valence electrons. The SMILES string of the molecule is C=C/C=C(\C(=C)C#N)C(=O)N1CC[C@@]2(C)c3cccc(O)c3C[C@@H]1C2(C)C. The number of hydrogen-bond donors (Lipinski definition) is 1. The average Bonchev–Trinajstić information content (AvgIpc) is 2.62. The number of carbonyl (C=O) groups excluding carboxylic acids is 1. The Labute approximate surface area is 161 Å². The Morgan fingerprint density at radius 1 is 1.41 bits per heavy atom. The van der Waals surface area contributed by atoms with Gasteiger partial charge in [0.15, 0.2) is 0 Å². The van der Waals surface area contributed by atoms with Crippen LogP contribution in [0.25, 0.3) is 0 Å². The van der Waals surface area contributed by atoms with E-state index in [4.69, 9.17) is 0 Å². The summed E-state index contributed by atoms with van der Waals surface area (Å²) >= 11 is 0. The molecule has 4 heteroatoms. The van der Waals surface area contributed by atoms with Crippen molar-refractivity contribution in [3.8, 4) is 11.8 Å². The number of amides is 1. The highest BCUT2D eigenvalue weighted by molar-refractivity contribution is 5.99. The Hall–Kier alpha value is -2.80. The van der Waals surface area contributed by atoms with Crippen LogP contribution in [0.5, 0.6) is 5.75 Å². The molecule has 3 rings (SSSR count). The maximum absolute atomic E-state index is 13.3. The second-order valence-electron chi connectivity index (χ2n) is 8.23. The van der Waals surface area contributed by atoms with Gasteiger partial charge in [-0.3, -0.25) is 4.79 Å². The Kier molecular flexibility index (Phi) is 4.51. The molecule has 1 N–H and O–H groups in total. The summed E-state index contributed by atoms with van der Waals surface area (Å²) in [4.78, 5) is 15.2. The number of phenolic OH excluding ortho intramolecular Hbond substituents is 1. The van der Waals surface area contributed by atoms with Crippen molar-refractivity contribution in [1.82, 2.24) is 4.90 Å². The number of aromatic hydroxyl groups is 1. The highest BCUT2D eigenvalue weighted by atomic mass is 16.3. The first-order valence-corrected chi connectivity index (χ1v) is 9.23. The van der Waals surface area contributed by atoms with Crippen LogP contribution < -0.4 is 0 Å². The van der Waals surface area contributed by atoms with Crippen LogP contribution in [0.1, 0.15) is 38.3 Å². The average molecular weight is 362 g/mol. The Morgan fingerprint density at radius 2 is 2.11 bits per heavy atom. The van der Waals surface area contributed by atoms with Crippen molar-refractivity contribution in [3.05, 3.63) is 65.8 Å². The number of hydrogen-bond acceptors (Lipinski definition) is 3. The molecule has 4 nitrogen and oxygen atoms in total. The number of carbonyl (C=O) groups is 1. The van der Waals surface area contributed by atoms with E-state index >= 15 is 0 Å². The first-order chi connectivity index (χ1) is 12.7. The molecule has 2 bridgehead atoms. The number of fused-ring (bicyclic) bond motifs is 4. The molecule has 1 aliphatic heterocycles. The highest BCUT2D eigenvalue weighted by Crippen LogP contribution is 2.57. The lowest BCUT2D eigenvalue weighted by Gasteiger charge is -2.60. The van der Waals surface area contributed by atoms with Crippen molar-refractivity contribution in [2.75, 3.05) is 6.54 Å². The zero-order valence-corrected chi connectivity index (χ0v) is 16.2. The van der Waals surface area contributed by atoms with E-state index in [9.17, 15) is 15.2 Å². The van der Waals surface area contributed by atoms with E-state index < -0.39 is 0 Å². The largest absolute Gasteiger partial charge is 0.508 e. The van der Waals surface area contributed by atoms with Crippen molar-refractivity contribution in [1.29, 1.82) is 5.26 Å². The highest BCUT2D eigenvalue weighted by Gasteiger charge is 2.57. The van der Waals surface area contributed by atoms with E-state index in [0.29, 0.717) is 13.0 Å². The van der Waals surface area contributed by atoms with Gasteiger partial charge in [0.05, 0.1) is 17.2 Å². The van der Waals surface area contributed by atoms with Crippen LogP contribution >= 0.6 is 0 Å². The van der Waals surface area contributed by atoms with Crippen LogP contribution in [0.2, 0.25) is 0 Å². The number of rotatable bonds is 3. The van der Waals surface area contributed by atoms with Gasteiger partial charge in [-0.2, -0.15) is 5.26 Å². The standard InChI is InChI=1S/C23H26N2O2/c1-6-8-16(15(2)14-24)21(27)25-12-11-23(5)18-9-7-10-19(26)17(18)13-20(25)22(23,3)4/h6-10,20,26H,1-2,11-13H2,3-5H3/b16-8+/t20-,23+/m1/s1. The maximum Gasteiger partial charge on any atom is 0.255 e. The number of nitriles is 1. The number of nitrogens with zero attached hydrogens (tertiary/aromatic N) is 2. The number of likely N-dealkylation sites (tertiary alicyclic amines) is 1. The fourth-order valence-electron chi connectivity index (χ4n) is 4.80. The van der Waals surface area contributed by atoms with Gasteiger partial charge in [0.25, 0.3) is 5.91 Å². The first kappa shape index (κ1) is 19.0. The van der Waals surface area contributed by atoms with E-state index in [1.165, 1.54) is 11.6 Å². The fraction of sp³-hybridized carbons (Fsp3) is 0.391. The summed E-state index contributed by atoms with van der Waals surface area (Å²) in [6.45, 7) is 14.6. The van der Waals surface area contributed by atoms with Crippen molar-refractivity contribution < 1.29 is 9.90 Å². The third-order valence-corrected chi connectivity index (χ3v) is 6.86. The minimum atomic E-state index is -0.194. The second kappa shape index (κ2) is 6.42. The zero-order chi connectivity index (χ0) is 20.0. The van der Waals surface area contributed by atoms with Crippen LogP contribution in [0.3, 0.4) is 0 Å². The zero-order valence-electron chi connectivity index (χ0n) is 16.2. The fourth-order valence-corrected chi connectivity index (χ4v) is 4.80. The molecule has 27 heavy (non-hydrogen) atoms. The summed E-state index contributed by atoms with van der Waals surface area (Å²) in [7, 11) is 0. The topological polar surface area (TPSA) is 64.3 Å². The Bertz CT molecular complexity index is 903. The van der Waals surface area contributed by atoms with Crippen molar-refractivity contribution in [3.63, 3.8) is 0 Å². The molecule has 1 aromatic rings. The van der Waals surface area contributed by atoms with Crippen molar-refractivity contribution >= 4 is 5.91 Å². The molecule has 1 aliphatic carbocycles. The molecule has 1 saturated heterocycles. The molecule has 2 atom stereocenters. The molecule has 1 aromatic carbocycles.